The van der Waals surface area contributed by atoms with Crippen LogP contribution in [0.15, 0.2) is 24.3 Å². The zero-order chi connectivity index (χ0) is 13.1. The van der Waals surface area contributed by atoms with Crippen LogP contribution >= 0.6 is 0 Å². The fraction of sp³-hybridized carbons (Fsp3) is 0.333. The van der Waals surface area contributed by atoms with Gasteiger partial charge >= 0.3 is 0 Å². The Hall–Kier alpha value is -1.67. The summed E-state index contributed by atoms with van der Waals surface area (Å²) in [4.78, 5) is 11.7. The number of rotatable bonds is 4. The molecule has 0 bridgehead atoms. The molecule has 0 fully saturated rings. The Labute approximate surface area is 101 Å². The van der Waals surface area contributed by atoms with Crippen LogP contribution in [-0.2, 0) is 14.6 Å². The molecule has 1 atom stereocenters. The molecule has 90 valence electrons. The molecule has 0 spiro atoms. The number of ketones is 1. The van der Waals surface area contributed by atoms with Gasteiger partial charge in [-0.2, -0.15) is 5.26 Å². The van der Waals surface area contributed by atoms with E-state index in [-0.39, 0.29) is 0 Å². The highest BCUT2D eigenvalue weighted by atomic mass is 32.2. The monoisotopic (exact) mass is 251 g/mol. The van der Waals surface area contributed by atoms with Crippen LogP contribution in [0.3, 0.4) is 0 Å². The maximum Gasteiger partial charge on any atom is 0.169 e. The number of carbonyl (C=O) groups is 1. The maximum atomic E-state index is 11.7. The number of hydrogen-bond donors (Lipinski definition) is 0. The van der Waals surface area contributed by atoms with E-state index < -0.39 is 27.3 Å². The highest BCUT2D eigenvalue weighted by Gasteiger charge is 2.23. The molecule has 17 heavy (non-hydrogen) atoms. The maximum absolute atomic E-state index is 11.7. The summed E-state index contributed by atoms with van der Waals surface area (Å²) >= 11 is 0. The minimum absolute atomic E-state index is 0.543. The second-order valence-corrected chi connectivity index (χ2v) is 6.15. The van der Waals surface area contributed by atoms with E-state index in [4.69, 9.17) is 5.26 Å². The first-order valence-electron chi connectivity index (χ1n) is 5.00. The van der Waals surface area contributed by atoms with E-state index in [0.29, 0.717) is 5.56 Å². The van der Waals surface area contributed by atoms with Crippen molar-refractivity contribution in [2.75, 3.05) is 12.0 Å². The fourth-order valence-corrected chi connectivity index (χ4v) is 2.21. The van der Waals surface area contributed by atoms with Crippen molar-refractivity contribution >= 4 is 15.6 Å². The largest absolute Gasteiger partial charge is 0.297 e. The summed E-state index contributed by atoms with van der Waals surface area (Å²) in [7, 11) is -3.40. The molecular weight excluding hydrogens is 238 g/mol. The van der Waals surface area contributed by atoms with Crippen molar-refractivity contribution in [1.29, 1.82) is 5.26 Å². The van der Waals surface area contributed by atoms with Gasteiger partial charge < -0.3 is 0 Å². The summed E-state index contributed by atoms with van der Waals surface area (Å²) in [6.45, 7) is 1.85. The Morgan fingerprint density at radius 3 is 2.59 bits per heavy atom. The lowest BCUT2D eigenvalue weighted by Crippen LogP contribution is -2.20. The number of hydrogen-bond acceptors (Lipinski definition) is 4. The van der Waals surface area contributed by atoms with Crippen LogP contribution in [-0.4, -0.2) is 26.2 Å². The summed E-state index contributed by atoms with van der Waals surface area (Å²) in [5.41, 5.74) is 1.47. The number of benzene rings is 1. The molecule has 0 radical (unpaired) electrons. The molecule has 0 aliphatic heterocycles. The lowest BCUT2D eigenvalue weighted by molar-refractivity contribution is -0.116. The van der Waals surface area contributed by atoms with Gasteiger partial charge in [0.1, 0.15) is 11.7 Å². The lowest BCUT2D eigenvalue weighted by atomic mass is 9.96. The molecule has 1 aromatic carbocycles. The number of aryl methyl sites for hydroxylation is 1. The van der Waals surface area contributed by atoms with E-state index >= 15 is 0 Å². The first-order valence-corrected chi connectivity index (χ1v) is 7.06. The second-order valence-electron chi connectivity index (χ2n) is 4.01. The van der Waals surface area contributed by atoms with Gasteiger partial charge in [-0.3, -0.25) is 4.79 Å². The van der Waals surface area contributed by atoms with Gasteiger partial charge in [0.15, 0.2) is 15.6 Å². The Bertz CT molecular complexity index is 570. The van der Waals surface area contributed by atoms with Crippen LogP contribution in [0.1, 0.15) is 17.0 Å². The van der Waals surface area contributed by atoms with Crippen LogP contribution in [0.25, 0.3) is 0 Å². The summed E-state index contributed by atoms with van der Waals surface area (Å²) in [6, 6.07) is 8.81. The van der Waals surface area contributed by atoms with Crippen LogP contribution in [0, 0.1) is 18.3 Å². The molecule has 1 aromatic rings. The second kappa shape index (κ2) is 5.11. The highest BCUT2D eigenvalue weighted by molar-refractivity contribution is 7.91. The van der Waals surface area contributed by atoms with E-state index in [9.17, 15) is 13.2 Å². The molecular formula is C12H13NO3S. The van der Waals surface area contributed by atoms with Crippen molar-refractivity contribution in [3.05, 3.63) is 35.4 Å². The molecule has 0 saturated carbocycles. The van der Waals surface area contributed by atoms with Gasteiger partial charge in [-0.15, -0.1) is 0 Å². The molecule has 0 heterocycles. The van der Waals surface area contributed by atoms with Crippen molar-refractivity contribution in [3.8, 4) is 6.07 Å². The van der Waals surface area contributed by atoms with Crippen molar-refractivity contribution in [2.45, 2.75) is 12.8 Å². The smallest absolute Gasteiger partial charge is 0.169 e. The molecule has 0 amide bonds. The SMILES string of the molecule is Cc1cccc(C(C#N)C(=O)CS(C)(=O)=O)c1. The summed E-state index contributed by atoms with van der Waals surface area (Å²) in [6.07, 6.45) is 0.982. The number of Topliss-reactive ketones (excluding diaryl/α,β-unsaturated/α-hetero) is 1. The molecule has 0 saturated heterocycles. The summed E-state index contributed by atoms with van der Waals surface area (Å²) < 4.78 is 22.1. The zero-order valence-electron chi connectivity index (χ0n) is 9.67. The first-order chi connectivity index (χ1) is 7.83. The lowest BCUT2D eigenvalue weighted by Gasteiger charge is -2.08. The molecule has 0 N–H and O–H groups in total. The van der Waals surface area contributed by atoms with Gasteiger partial charge in [0.25, 0.3) is 0 Å². The molecule has 4 nitrogen and oxygen atoms in total. The molecule has 5 heteroatoms. The van der Waals surface area contributed by atoms with Gasteiger partial charge in [-0.25, -0.2) is 8.42 Å². The minimum atomic E-state index is -3.40. The standard InChI is InChI=1S/C12H13NO3S/c1-9-4-3-5-10(6-9)11(7-13)12(14)8-17(2,15)16/h3-6,11H,8H2,1-2H3. The van der Waals surface area contributed by atoms with Gasteiger partial charge in [0.05, 0.1) is 6.07 Å². The average Bonchev–Trinajstić information content (AvgIpc) is 2.15. The Kier molecular flexibility index (Phi) is 4.02. The van der Waals surface area contributed by atoms with Crippen LogP contribution in [0.5, 0.6) is 0 Å². The highest BCUT2D eigenvalue weighted by Crippen LogP contribution is 2.18. The topological polar surface area (TPSA) is 75.0 Å². The number of sulfone groups is 1. The third-order valence-corrected chi connectivity index (χ3v) is 3.04. The predicted octanol–water partition coefficient (Wildman–Crippen LogP) is 1.22. The van der Waals surface area contributed by atoms with Crippen molar-refractivity contribution in [2.24, 2.45) is 0 Å². The quantitative estimate of drug-likeness (QED) is 0.806. The minimum Gasteiger partial charge on any atom is -0.297 e. The number of nitrogens with zero attached hydrogens (tertiary/aromatic N) is 1. The number of carbonyl (C=O) groups excluding carboxylic acids is 1. The van der Waals surface area contributed by atoms with Gasteiger partial charge in [0.2, 0.25) is 0 Å². The van der Waals surface area contributed by atoms with Crippen molar-refractivity contribution in [3.63, 3.8) is 0 Å². The predicted molar refractivity (Wildman–Crippen MR) is 64.3 cm³/mol. The fourth-order valence-electron chi connectivity index (χ4n) is 1.52. The Balaban J connectivity index is 3.02. The molecule has 0 aliphatic rings. The third kappa shape index (κ3) is 4.00. The van der Waals surface area contributed by atoms with Crippen LogP contribution < -0.4 is 0 Å². The Morgan fingerprint density at radius 2 is 2.12 bits per heavy atom. The van der Waals surface area contributed by atoms with E-state index in [1.165, 1.54) is 0 Å². The molecule has 0 aromatic heterocycles. The Morgan fingerprint density at radius 1 is 1.47 bits per heavy atom. The molecule has 1 unspecified atom stereocenters. The van der Waals surface area contributed by atoms with E-state index in [1.807, 2.05) is 19.1 Å². The van der Waals surface area contributed by atoms with Crippen LogP contribution in [0.4, 0.5) is 0 Å². The summed E-state index contributed by atoms with van der Waals surface area (Å²) in [5.74, 6) is -2.19. The molecule has 1 rings (SSSR count). The number of nitriles is 1. The van der Waals surface area contributed by atoms with Crippen LogP contribution in [0.2, 0.25) is 0 Å². The normalized spacial score (nSPS) is 12.8. The zero-order valence-corrected chi connectivity index (χ0v) is 10.5. The first kappa shape index (κ1) is 13.4. The third-order valence-electron chi connectivity index (χ3n) is 2.23. The molecule has 0 aliphatic carbocycles. The average molecular weight is 251 g/mol. The summed E-state index contributed by atoms with van der Waals surface area (Å²) in [5, 5.41) is 8.97. The van der Waals surface area contributed by atoms with Gasteiger partial charge in [0, 0.05) is 6.26 Å². The van der Waals surface area contributed by atoms with E-state index in [2.05, 4.69) is 0 Å². The van der Waals surface area contributed by atoms with E-state index in [1.54, 1.807) is 18.2 Å². The van der Waals surface area contributed by atoms with Crippen molar-refractivity contribution in [1.82, 2.24) is 0 Å². The van der Waals surface area contributed by atoms with Gasteiger partial charge in [-0.05, 0) is 12.5 Å². The van der Waals surface area contributed by atoms with Crippen molar-refractivity contribution < 1.29 is 13.2 Å². The van der Waals surface area contributed by atoms with E-state index in [0.717, 1.165) is 11.8 Å². The van der Waals surface area contributed by atoms with Gasteiger partial charge in [-0.1, -0.05) is 29.8 Å².